The molecule has 1 aromatic carbocycles. The van der Waals surface area contributed by atoms with E-state index in [1.807, 2.05) is 31.2 Å². The number of hydrogen-bond donors (Lipinski definition) is 0. The predicted octanol–water partition coefficient (Wildman–Crippen LogP) is 2.44. The smallest absolute Gasteiger partial charge is 0.310 e. The normalized spacial score (nSPS) is 10.8. The molecule has 0 spiro atoms. The van der Waals surface area contributed by atoms with E-state index >= 15 is 0 Å². The zero-order valence-electron chi connectivity index (χ0n) is 13.2. The third kappa shape index (κ3) is 3.98. The highest BCUT2D eigenvalue weighted by molar-refractivity contribution is 7.98. The second-order valence-corrected chi connectivity index (χ2v) is 7.12. The first-order valence-electron chi connectivity index (χ1n) is 7.14. The number of carbonyl (C=O) groups excluding carboxylic acids is 1. The van der Waals surface area contributed by atoms with E-state index in [1.54, 1.807) is 10.9 Å². The summed E-state index contributed by atoms with van der Waals surface area (Å²) in [5.41, 5.74) is 2.07. The maximum atomic E-state index is 11.3. The van der Waals surface area contributed by atoms with Crippen LogP contribution in [0.1, 0.15) is 15.4 Å². The average Bonchev–Trinajstić information content (AvgIpc) is 3.21. The van der Waals surface area contributed by atoms with E-state index in [0.29, 0.717) is 10.9 Å². The summed E-state index contributed by atoms with van der Waals surface area (Å²) in [7, 11) is 1.38. The first-order chi connectivity index (χ1) is 11.7. The molecule has 0 unspecified atom stereocenters. The summed E-state index contributed by atoms with van der Waals surface area (Å²) in [5, 5.41) is 13.5. The number of benzene rings is 1. The monoisotopic (exact) mass is 361 g/mol. The van der Waals surface area contributed by atoms with Crippen LogP contribution >= 0.6 is 23.1 Å². The summed E-state index contributed by atoms with van der Waals surface area (Å²) in [6.07, 6.45) is 1.96. The van der Waals surface area contributed by atoms with Crippen molar-refractivity contribution >= 4 is 29.1 Å². The summed E-state index contributed by atoms with van der Waals surface area (Å²) in [6.45, 7) is 2.03. The maximum Gasteiger partial charge on any atom is 0.310 e. The van der Waals surface area contributed by atoms with Crippen LogP contribution in [0, 0.1) is 6.92 Å². The van der Waals surface area contributed by atoms with E-state index in [9.17, 15) is 4.79 Å². The van der Waals surface area contributed by atoms with Crippen molar-refractivity contribution in [3.8, 4) is 5.69 Å². The molecule has 2 heterocycles. The maximum absolute atomic E-state index is 11.3. The Balaban J connectivity index is 1.68. The average molecular weight is 361 g/mol. The van der Waals surface area contributed by atoms with Crippen LogP contribution in [0.2, 0.25) is 0 Å². The lowest BCUT2D eigenvalue weighted by molar-refractivity contribution is -0.139. The highest BCUT2D eigenvalue weighted by Crippen LogP contribution is 2.25. The van der Waals surface area contributed by atoms with Crippen molar-refractivity contribution in [2.75, 3.05) is 7.11 Å². The van der Waals surface area contributed by atoms with Crippen molar-refractivity contribution in [1.82, 2.24) is 25.2 Å². The van der Waals surface area contributed by atoms with Gasteiger partial charge in [0.05, 0.1) is 25.0 Å². The molecule has 7 nitrogen and oxygen atoms in total. The lowest BCUT2D eigenvalue weighted by atomic mass is 10.2. The Morgan fingerprint density at radius 2 is 2.29 bits per heavy atom. The molecule has 0 atom stereocenters. The number of nitrogens with zero attached hydrogens (tertiary/aromatic N) is 5. The summed E-state index contributed by atoms with van der Waals surface area (Å²) in [5.74, 6) is 0.374. The molecule has 3 aromatic rings. The number of rotatable bonds is 6. The summed E-state index contributed by atoms with van der Waals surface area (Å²) >= 11 is 3.00. The number of ether oxygens (including phenoxy) is 1. The van der Waals surface area contributed by atoms with Gasteiger partial charge in [-0.2, -0.15) is 4.68 Å². The summed E-state index contributed by atoms with van der Waals surface area (Å²) in [6, 6.07) is 7.99. The van der Waals surface area contributed by atoms with E-state index in [4.69, 9.17) is 0 Å². The van der Waals surface area contributed by atoms with Crippen LogP contribution in [-0.2, 0) is 21.7 Å². The van der Waals surface area contributed by atoms with Crippen molar-refractivity contribution in [2.45, 2.75) is 24.3 Å². The van der Waals surface area contributed by atoms with E-state index in [1.165, 1.54) is 30.2 Å². The van der Waals surface area contributed by atoms with Crippen LogP contribution in [0.3, 0.4) is 0 Å². The fraction of sp³-hybridized carbons (Fsp3) is 0.267. The molecule has 0 aliphatic heterocycles. The van der Waals surface area contributed by atoms with Crippen LogP contribution in [0.25, 0.3) is 5.69 Å². The Kier molecular flexibility index (Phi) is 5.21. The molecule has 0 saturated carbocycles. The Morgan fingerprint density at radius 1 is 1.42 bits per heavy atom. The minimum atomic E-state index is -0.263. The predicted molar refractivity (Wildman–Crippen MR) is 91.3 cm³/mol. The van der Waals surface area contributed by atoms with Gasteiger partial charge in [-0.1, -0.05) is 23.9 Å². The van der Waals surface area contributed by atoms with Crippen LogP contribution in [0.15, 0.2) is 35.6 Å². The number of methoxy groups -OCH3 is 1. The van der Waals surface area contributed by atoms with Crippen LogP contribution in [0.4, 0.5) is 0 Å². The molecule has 2 aromatic heterocycles. The van der Waals surface area contributed by atoms with Crippen LogP contribution in [0.5, 0.6) is 0 Å². The summed E-state index contributed by atoms with van der Waals surface area (Å²) < 4.78 is 6.37. The minimum absolute atomic E-state index is 0.250. The molecule has 9 heteroatoms. The first kappa shape index (κ1) is 16.6. The zero-order valence-corrected chi connectivity index (χ0v) is 14.8. The fourth-order valence-electron chi connectivity index (χ4n) is 2.03. The lowest BCUT2D eigenvalue weighted by Crippen LogP contribution is -2.02. The number of thiazole rings is 1. The van der Waals surface area contributed by atoms with Crippen molar-refractivity contribution in [1.29, 1.82) is 0 Å². The van der Waals surface area contributed by atoms with Crippen molar-refractivity contribution < 1.29 is 9.53 Å². The standard InChI is InChI=1S/C15H15N5O2S2/c1-10-4-3-5-11(6-10)20-15(17-18-19-20)23-9-13-16-8-12(24-13)7-14(21)22-2/h3-6,8H,7,9H2,1-2H3. The number of carbonyl (C=O) groups is 1. The quantitative estimate of drug-likeness (QED) is 0.492. The highest BCUT2D eigenvalue weighted by Gasteiger charge is 2.12. The topological polar surface area (TPSA) is 82.8 Å². The molecule has 0 aliphatic rings. The van der Waals surface area contributed by atoms with Gasteiger partial charge in [-0.05, 0) is 35.0 Å². The Labute approximate surface area is 147 Å². The number of aryl methyl sites for hydroxylation is 1. The van der Waals surface area contributed by atoms with E-state index in [2.05, 4.69) is 25.2 Å². The second-order valence-electron chi connectivity index (χ2n) is 4.97. The number of thioether (sulfide) groups is 1. The van der Waals surface area contributed by atoms with E-state index < -0.39 is 0 Å². The number of tetrazole rings is 1. The molecule has 0 amide bonds. The van der Waals surface area contributed by atoms with Gasteiger partial charge in [0.25, 0.3) is 0 Å². The number of esters is 1. The fourth-order valence-corrected chi connectivity index (χ4v) is 3.83. The van der Waals surface area contributed by atoms with Gasteiger partial charge in [0.2, 0.25) is 5.16 Å². The van der Waals surface area contributed by atoms with Gasteiger partial charge in [-0.15, -0.1) is 16.4 Å². The highest BCUT2D eigenvalue weighted by atomic mass is 32.2. The van der Waals surface area contributed by atoms with Crippen LogP contribution in [-0.4, -0.2) is 38.3 Å². The SMILES string of the molecule is COC(=O)Cc1cnc(CSc2nnnn2-c2cccc(C)c2)s1. The third-order valence-electron chi connectivity index (χ3n) is 3.16. The molecular formula is C15H15N5O2S2. The van der Waals surface area contributed by atoms with Gasteiger partial charge in [0.15, 0.2) is 0 Å². The van der Waals surface area contributed by atoms with Gasteiger partial charge in [-0.25, -0.2) is 4.98 Å². The van der Waals surface area contributed by atoms with E-state index in [0.717, 1.165) is 21.1 Å². The molecule has 0 saturated heterocycles. The Hall–Kier alpha value is -2.26. The largest absolute Gasteiger partial charge is 0.469 e. The molecule has 0 aliphatic carbocycles. The molecule has 0 N–H and O–H groups in total. The lowest BCUT2D eigenvalue weighted by Gasteiger charge is -2.04. The van der Waals surface area contributed by atoms with Crippen molar-refractivity contribution in [3.05, 3.63) is 45.9 Å². The molecule has 0 radical (unpaired) electrons. The summed E-state index contributed by atoms with van der Waals surface area (Å²) in [4.78, 5) is 16.5. The van der Waals surface area contributed by atoms with Gasteiger partial charge < -0.3 is 4.74 Å². The van der Waals surface area contributed by atoms with Gasteiger partial charge >= 0.3 is 5.97 Å². The molecular weight excluding hydrogens is 346 g/mol. The first-order valence-corrected chi connectivity index (χ1v) is 8.94. The van der Waals surface area contributed by atoms with E-state index in [-0.39, 0.29) is 12.4 Å². The Bertz CT molecular complexity index is 846. The third-order valence-corrected chi connectivity index (χ3v) is 5.27. The minimum Gasteiger partial charge on any atom is -0.469 e. The second kappa shape index (κ2) is 7.54. The number of aromatic nitrogens is 5. The van der Waals surface area contributed by atoms with Crippen molar-refractivity contribution in [3.63, 3.8) is 0 Å². The number of hydrogen-bond acceptors (Lipinski definition) is 8. The van der Waals surface area contributed by atoms with Gasteiger partial charge in [0, 0.05) is 11.1 Å². The zero-order chi connectivity index (χ0) is 16.9. The van der Waals surface area contributed by atoms with Crippen LogP contribution < -0.4 is 0 Å². The Morgan fingerprint density at radius 3 is 3.08 bits per heavy atom. The molecule has 0 fully saturated rings. The van der Waals surface area contributed by atoms with Crippen molar-refractivity contribution in [2.24, 2.45) is 0 Å². The van der Waals surface area contributed by atoms with Gasteiger partial charge in [-0.3, -0.25) is 4.79 Å². The molecule has 124 valence electrons. The van der Waals surface area contributed by atoms with Gasteiger partial charge in [0.1, 0.15) is 5.01 Å². The molecule has 3 rings (SSSR count). The molecule has 24 heavy (non-hydrogen) atoms. The molecule has 0 bridgehead atoms.